The van der Waals surface area contributed by atoms with Crippen LogP contribution in [0, 0.1) is 0 Å². The Morgan fingerprint density at radius 3 is 1.50 bits per heavy atom. The molecule has 18 rings (SSSR count). The van der Waals surface area contributed by atoms with Crippen LogP contribution < -0.4 is 20.5 Å². The lowest BCUT2D eigenvalue weighted by Crippen LogP contribution is -2.37. The van der Waals surface area contributed by atoms with Crippen molar-refractivity contribution >= 4 is 191 Å². The number of aryl methyl sites for hydroxylation is 9. The van der Waals surface area contributed by atoms with Crippen molar-refractivity contribution < 1.29 is 62.7 Å². The summed E-state index contributed by atoms with van der Waals surface area (Å²) in [7, 11) is -4.50. The van der Waals surface area contributed by atoms with Crippen molar-refractivity contribution in [3.63, 3.8) is 0 Å². The molecule has 112 heavy (non-hydrogen) atoms. The molecule has 2 saturated heterocycles. The van der Waals surface area contributed by atoms with Gasteiger partial charge >= 0.3 is 12.1 Å². The Morgan fingerprint density at radius 2 is 1.02 bits per heavy atom. The van der Waals surface area contributed by atoms with Gasteiger partial charge in [0.25, 0.3) is 33.7 Å². The maximum Gasteiger partial charge on any atom is 0.348 e. The fourth-order valence-corrected chi connectivity index (χ4v) is 24.1. The summed E-state index contributed by atoms with van der Waals surface area (Å²) in [6.07, 6.45) is 27.0. The molecule has 41 heteroatoms. The zero-order valence-corrected chi connectivity index (χ0v) is 74.3. The second kappa shape index (κ2) is 37.6. The van der Waals surface area contributed by atoms with E-state index in [1.54, 1.807) is 24.7 Å². The number of thioether (sulfide) groups is 2. The average molecular weight is 2000 g/mol. The summed E-state index contributed by atoms with van der Waals surface area (Å²) in [6.45, 7) is 6.46. The number of halogens is 11. The van der Waals surface area contributed by atoms with Crippen LogP contribution in [0.25, 0.3) is 0 Å². The number of aromatic nitrogens is 10. The number of carbonyl (C=O) groups is 4. The molecule has 5 aromatic heterocycles. The standard InChI is InChI=1S/C20H22F2N4O3S.C12H15N.C10H13BrN2S2.C7H7BrF2N2.C7H7BrN2O.C7H9F2N3O2S.C5H6Br2N2O2.C3H8S2/c21-20(22)8-3-9-26-18(20)16(11-23-26)30(28,29)25-19(27)24-17-14-6-1-4-12(14)10-13-5-2-7-15(13)17;13-12-10-5-1-3-8(10)7-9-4-2-6-11(9)12;11-8-7-12-13-4-1-3-10(9(8)13)14-5-2-6-15-10;8-5-4-11-12-3-1-2-7(9,10)6(5)12;8-5-4-9-10-3-1-2-6(11)7(5)10;8-7(9)2-1-3-12-6(7)5(4-10-12)11-15(13)14;1-5(2)3(10)8(6)4(11)9(5)7;4-2-1-3-5/h10-11H,1-9H2,(H2,24,25,27);7H,1-6,13H2;7H,1-6H2;4H,1-3H2;4H,1-3H2;4,11H,1-3H2,(H,13,14);1-2H3;4-5H,1-3H2/p-1. The number of imide groups is 1. The fraction of sp³-hybridized carbons (Fsp3) is 0.563. The molecule has 12 heterocycles. The van der Waals surface area contributed by atoms with Gasteiger partial charge in [0.1, 0.15) is 37.3 Å². The molecule has 24 nitrogen and oxygen atoms in total. The molecule has 0 saturated carbocycles. The number of nitrogens with two attached hydrogens (primary N) is 1. The normalized spacial score (nSPS) is 19.8. The lowest BCUT2D eigenvalue weighted by Gasteiger charge is -2.39. The number of thiol groups is 2. The zero-order chi connectivity index (χ0) is 80.8. The Balaban J connectivity index is 0.000000132. The Labute approximate surface area is 710 Å². The number of benzene rings is 2. The van der Waals surface area contributed by atoms with Crippen molar-refractivity contribution in [1.29, 1.82) is 0 Å². The highest BCUT2D eigenvalue weighted by Gasteiger charge is 2.51. The van der Waals surface area contributed by atoms with Gasteiger partial charge in [-0.2, -0.15) is 81.0 Å². The first-order chi connectivity index (χ1) is 53.1. The molecule has 0 bridgehead atoms. The van der Waals surface area contributed by atoms with E-state index in [2.05, 4.69) is 176 Å². The predicted molar refractivity (Wildman–Crippen MR) is 443 cm³/mol. The Bertz CT molecular complexity index is 4700. The van der Waals surface area contributed by atoms with Gasteiger partial charge in [-0.3, -0.25) is 37.2 Å². The molecular formula is C71H86Br5F6N16O8S6-. The summed E-state index contributed by atoms with van der Waals surface area (Å²) < 4.78 is 144. The van der Waals surface area contributed by atoms with E-state index in [1.165, 1.54) is 128 Å². The summed E-state index contributed by atoms with van der Waals surface area (Å²) in [5.41, 5.74) is 18.8. The van der Waals surface area contributed by atoms with Crippen LogP contribution in [0.2, 0.25) is 0 Å². The monoisotopic (exact) mass is 1990 g/mol. The van der Waals surface area contributed by atoms with E-state index < -0.39 is 73.7 Å². The first-order valence-corrected chi connectivity index (χ1v) is 46.5. The van der Waals surface area contributed by atoms with Gasteiger partial charge in [-0.25, -0.2) is 26.7 Å². The number of nitrogens with zero attached hydrogens (tertiary/aromatic N) is 12. The molecule has 7 aromatic rings. The minimum absolute atomic E-state index is 0.0220. The van der Waals surface area contributed by atoms with Crippen LogP contribution in [0.15, 0.2) is 61.4 Å². The van der Waals surface area contributed by atoms with Gasteiger partial charge in [-0.05, 0) is 258 Å². The maximum atomic E-state index is 14.4. The highest BCUT2D eigenvalue weighted by Crippen LogP contribution is 2.57. The molecule has 1 spiro atoms. The van der Waals surface area contributed by atoms with Crippen LogP contribution in [-0.2, 0) is 132 Å². The minimum Gasteiger partial charge on any atom is -0.755 e. The van der Waals surface area contributed by atoms with Crippen molar-refractivity contribution in [3.8, 4) is 0 Å². The maximum absolute atomic E-state index is 14.4. The molecule has 1 unspecified atom stereocenters. The topological polar surface area (TPSA) is 300 Å². The van der Waals surface area contributed by atoms with Gasteiger partial charge in [-0.15, -0.1) is 23.5 Å². The van der Waals surface area contributed by atoms with Crippen molar-refractivity contribution in [1.82, 2.24) is 61.5 Å². The Hall–Kier alpha value is -4.59. The number of nitrogens with one attached hydrogen (secondary N) is 3. The number of anilines is 3. The van der Waals surface area contributed by atoms with E-state index in [1.807, 2.05) is 15.6 Å². The third-order valence-corrected chi connectivity index (χ3v) is 30.0. The summed E-state index contributed by atoms with van der Waals surface area (Å²) in [6, 6.07) is 3.27. The van der Waals surface area contributed by atoms with Gasteiger partial charge in [0.2, 0.25) is 0 Å². The van der Waals surface area contributed by atoms with Gasteiger partial charge in [0.15, 0.2) is 5.78 Å². The SMILES string of the molecule is Brc1cnn2c1C1(CCC2)SCCCS1.CC1(C)C(=O)N(Br)C(=O)N1Br.FC1(F)CCCn2ncc(Br)c21.Nc1c2c(cc3c1CCC3)CCC2.O=C(Nc1c2c(cc3c1CCC3)CCC2)NS(=O)(=O)c1cnn2c1C(F)(F)CCC2.O=C1CCCn2ncc(Br)c21.O=S([O-])Nc1cnn2c1C(F)(F)CCC2.SCCCS. The molecule has 0 radical (unpaired) electrons. The quantitative estimate of drug-likeness (QED) is 0.0216. The summed E-state index contributed by atoms with van der Waals surface area (Å²) in [5, 5.41) is 22.6. The van der Waals surface area contributed by atoms with Crippen LogP contribution in [0.1, 0.15) is 194 Å². The third kappa shape index (κ3) is 19.7. The lowest BCUT2D eigenvalue weighted by molar-refractivity contribution is -0.127. The first-order valence-electron chi connectivity index (χ1n) is 36.9. The molecule has 4 aliphatic carbocycles. The summed E-state index contributed by atoms with van der Waals surface area (Å²) in [4.78, 5) is 45.6. The number of amides is 5. The number of hydrogen-bond acceptors (Lipinski definition) is 18. The number of urea groups is 2. The minimum atomic E-state index is -4.50. The van der Waals surface area contributed by atoms with Crippen molar-refractivity contribution in [3.05, 3.63) is 130 Å². The number of alkyl halides is 6. The van der Waals surface area contributed by atoms with Crippen molar-refractivity contribution in [2.24, 2.45) is 0 Å². The van der Waals surface area contributed by atoms with Crippen LogP contribution in [0.4, 0.5) is 53.0 Å². The molecular weight excluding hydrogens is 1910 g/mol. The second-order valence-electron chi connectivity index (χ2n) is 28.7. The number of nitrogen functional groups attached to an aromatic ring is 1. The van der Waals surface area contributed by atoms with Gasteiger partial charge < -0.3 is 20.3 Å². The van der Waals surface area contributed by atoms with E-state index in [0.29, 0.717) is 46.6 Å². The van der Waals surface area contributed by atoms with Gasteiger partial charge in [-0.1, -0.05) is 12.1 Å². The molecule has 612 valence electrons. The first kappa shape index (κ1) is 88.2. The molecule has 2 aromatic carbocycles. The Kier molecular flexibility index (Phi) is 29.6. The Morgan fingerprint density at radius 1 is 0.580 bits per heavy atom. The van der Waals surface area contributed by atoms with E-state index >= 15 is 0 Å². The predicted octanol–water partition coefficient (Wildman–Crippen LogP) is 17.0. The molecule has 2 fully saturated rings. The summed E-state index contributed by atoms with van der Waals surface area (Å²) in [5.74, 6) is -4.61. The number of rotatable bonds is 7. The van der Waals surface area contributed by atoms with E-state index in [9.17, 15) is 62.7 Å². The lowest BCUT2D eigenvalue weighted by atomic mass is 9.99. The molecule has 5 amide bonds. The van der Waals surface area contributed by atoms with E-state index in [4.69, 9.17) is 5.73 Å². The van der Waals surface area contributed by atoms with Crippen LogP contribution >= 0.6 is 129 Å². The molecule has 5 N–H and O–H groups in total. The number of fused-ring (bicyclic) bond motifs is 10. The van der Waals surface area contributed by atoms with Gasteiger partial charge in [0, 0.05) is 81.0 Å². The molecule has 11 aliphatic rings. The summed E-state index contributed by atoms with van der Waals surface area (Å²) >= 11 is 25.4. The molecule has 1 atom stereocenters. The zero-order valence-electron chi connectivity index (χ0n) is 61.3. The van der Waals surface area contributed by atoms with Crippen LogP contribution in [0.3, 0.4) is 0 Å². The number of ketones is 1. The number of hydrogen-bond donors (Lipinski definition) is 6. The third-order valence-electron chi connectivity index (χ3n) is 20.7. The van der Waals surface area contributed by atoms with Crippen LogP contribution in [0.5, 0.6) is 0 Å². The molecule has 7 aliphatic heterocycles. The van der Waals surface area contributed by atoms with Crippen molar-refractivity contribution in [2.45, 2.75) is 233 Å². The fourth-order valence-electron chi connectivity index (χ4n) is 15.4. The van der Waals surface area contributed by atoms with E-state index in [-0.39, 0.29) is 54.6 Å². The van der Waals surface area contributed by atoms with Gasteiger partial charge in [0.05, 0.1) is 88.1 Å². The smallest absolute Gasteiger partial charge is 0.348 e. The average Bonchev–Trinajstić information content (AvgIpc) is 1.45. The highest BCUT2D eigenvalue weighted by atomic mass is 79.9. The highest BCUT2D eigenvalue weighted by molar-refractivity contribution is 9.11. The number of carbonyl (C=O) groups excluding carboxylic acids is 4. The van der Waals surface area contributed by atoms with Crippen molar-refractivity contribution in [2.75, 3.05) is 38.8 Å². The van der Waals surface area contributed by atoms with E-state index in [0.717, 1.165) is 129 Å². The number of Topliss-reactive ketones (excluding diaryl/α,β-unsaturated/α-hetero) is 1. The largest absolute Gasteiger partial charge is 0.755 e. The number of sulfonamides is 1. The van der Waals surface area contributed by atoms with Crippen LogP contribution in [-0.4, -0.2) is 126 Å². The second-order valence-corrected chi connectivity index (χ2v) is 38.9.